The van der Waals surface area contributed by atoms with Crippen molar-refractivity contribution in [1.29, 1.82) is 0 Å². The first kappa shape index (κ1) is 25.8. The molecule has 0 aromatic heterocycles. The number of likely N-dealkylation sites (tertiary alicyclic amines) is 1. The number of halogens is 3. The van der Waals surface area contributed by atoms with Crippen LogP contribution < -0.4 is 15.4 Å². The van der Waals surface area contributed by atoms with Gasteiger partial charge in [-0.25, -0.2) is 8.78 Å². The fourth-order valence-electron chi connectivity index (χ4n) is 3.12. The van der Waals surface area contributed by atoms with Gasteiger partial charge in [-0.2, -0.15) is 0 Å². The first-order valence-electron chi connectivity index (χ1n) is 9.89. The van der Waals surface area contributed by atoms with Crippen molar-refractivity contribution < 1.29 is 18.6 Å². The van der Waals surface area contributed by atoms with Gasteiger partial charge in [-0.1, -0.05) is 12.1 Å². The van der Waals surface area contributed by atoms with E-state index < -0.39 is 12.5 Å². The highest BCUT2D eigenvalue weighted by Gasteiger charge is 2.22. The first-order chi connectivity index (χ1) is 13.5. The maximum atomic E-state index is 12.5. The number of hydrogen-bond acceptors (Lipinski definition) is 4. The number of hydrogen-bond donors (Lipinski definition) is 3. The Labute approximate surface area is 189 Å². The minimum atomic E-state index is -2.29. The maximum absolute atomic E-state index is 12.5. The van der Waals surface area contributed by atoms with Crippen molar-refractivity contribution in [3.8, 4) is 5.75 Å². The number of alkyl halides is 2. The summed E-state index contributed by atoms with van der Waals surface area (Å²) in [5.41, 5.74) is 1.10. The number of guanidine groups is 1. The molecule has 1 aliphatic heterocycles. The van der Waals surface area contributed by atoms with Crippen molar-refractivity contribution >= 4 is 29.9 Å². The summed E-state index contributed by atoms with van der Waals surface area (Å²) in [5, 5.41) is 16.7. The molecule has 2 rings (SSSR count). The van der Waals surface area contributed by atoms with Crippen LogP contribution in [0.25, 0.3) is 0 Å². The molecule has 1 atom stereocenters. The van der Waals surface area contributed by atoms with E-state index in [0.29, 0.717) is 25.6 Å². The summed E-state index contributed by atoms with van der Waals surface area (Å²) in [6, 6.07) is 7.86. The van der Waals surface area contributed by atoms with E-state index in [1.165, 1.54) is 0 Å². The number of aryl methyl sites for hydroxylation is 1. The van der Waals surface area contributed by atoms with E-state index in [-0.39, 0.29) is 49.7 Å². The topological polar surface area (TPSA) is 69.1 Å². The third kappa shape index (κ3) is 10.4. The lowest BCUT2D eigenvalue weighted by molar-refractivity contribution is 0.0744. The fourth-order valence-corrected chi connectivity index (χ4v) is 3.12. The van der Waals surface area contributed by atoms with Gasteiger partial charge in [0.05, 0.1) is 13.1 Å². The van der Waals surface area contributed by atoms with Gasteiger partial charge in [0.15, 0.2) is 5.96 Å². The van der Waals surface area contributed by atoms with Gasteiger partial charge in [-0.3, -0.25) is 9.89 Å². The summed E-state index contributed by atoms with van der Waals surface area (Å²) in [4.78, 5) is 6.23. The maximum Gasteiger partial charge on any atom is 0.251 e. The largest absolute Gasteiger partial charge is 0.491 e. The van der Waals surface area contributed by atoms with E-state index in [2.05, 4.69) is 15.6 Å². The summed E-state index contributed by atoms with van der Waals surface area (Å²) in [7, 11) is 0. The average molecular weight is 526 g/mol. The molecule has 0 aliphatic carbocycles. The van der Waals surface area contributed by atoms with Crippen LogP contribution in [0.2, 0.25) is 0 Å². The van der Waals surface area contributed by atoms with Crippen molar-refractivity contribution in [3.63, 3.8) is 0 Å². The van der Waals surface area contributed by atoms with E-state index >= 15 is 0 Å². The van der Waals surface area contributed by atoms with Crippen molar-refractivity contribution in [3.05, 3.63) is 29.8 Å². The molecule has 1 aliphatic rings. The number of nitrogens with one attached hydrogen (secondary N) is 2. The number of aliphatic hydroxyl groups excluding tert-OH is 1. The number of nitrogens with zero attached hydrogens (tertiary/aromatic N) is 2. The molecule has 1 unspecified atom stereocenters. The highest BCUT2D eigenvalue weighted by Crippen LogP contribution is 2.13. The molecule has 1 heterocycles. The number of benzene rings is 1. The molecule has 0 amide bonds. The zero-order chi connectivity index (χ0) is 20.4. The SMILES string of the molecule is CCNC(=NCC(O)COc1cccc(C)c1)NC1CCN(CC(F)F)CC1.I. The summed E-state index contributed by atoms with van der Waals surface area (Å²) < 4.78 is 30.6. The van der Waals surface area contributed by atoms with E-state index in [1.54, 1.807) is 4.90 Å². The summed E-state index contributed by atoms with van der Waals surface area (Å²) >= 11 is 0. The number of aliphatic hydroxyl groups is 1. The molecule has 0 radical (unpaired) electrons. The van der Waals surface area contributed by atoms with Crippen LogP contribution in [0, 0.1) is 6.92 Å². The Morgan fingerprint density at radius 2 is 2.07 bits per heavy atom. The van der Waals surface area contributed by atoms with Crippen LogP contribution in [0.15, 0.2) is 29.3 Å². The Morgan fingerprint density at radius 3 is 2.69 bits per heavy atom. The second-order valence-electron chi connectivity index (χ2n) is 7.11. The molecular formula is C20H33F2IN4O2. The molecule has 29 heavy (non-hydrogen) atoms. The van der Waals surface area contributed by atoms with Crippen molar-refractivity contribution in [2.75, 3.05) is 39.3 Å². The molecule has 1 aromatic rings. The normalized spacial score (nSPS) is 17.0. The highest BCUT2D eigenvalue weighted by atomic mass is 127. The van der Waals surface area contributed by atoms with Crippen molar-refractivity contribution in [1.82, 2.24) is 15.5 Å². The van der Waals surface area contributed by atoms with Gasteiger partial charge in [0, 0.05) is 25.7 Å². The Kier molecular flexibility index (Phi) is 12.4. The minimum absolute atomic E-state index is 0. The van der Waals surface area contributed by atoms with Crippen LogP contribution in [-0.2, 0) is 0 Å². The standard InChI is InChI=1S/C20H32F2N4O2.HI/c1-3-23-20(25-16-7-9-26(10-8-16)13-19(21)22)24-12-17(27)14-28-18-6-4-5-15(2)11-18;/h4-6,11,16-17,19,27H,3,7-10,12-14H2,1-2H3,(H2,23,24,25);1H. The van der Waals surface area contributed by atoms with Gasteiger partial charge in [0.1, 0.15) is 18.5 Å². The van der Waals surface area contributed by atoms with Crippen molar-refractivity contribution in [2.24, 2.45) is 4.99 Å². The molecule has 9 heteroatoms. The number of rotatable bonds is 9. The Bertz CT molecular complexity index is 614. The van der Waals surface area contributed by atoms with Crippen LogP contribution in [0.3, 0.4) is 0 Å². The molecule has 1 fully saturated rings. The number of aliphatic imine (C=N–C) groups is 1. The second kappa shape index (κ2) is 13.9. The van der Waals surface area contributed by atoms with Gasteiger partial charge in [-0.05, 0) is 44.4 Å². The number of ether oxygens (including phenoxy) is 1. The molecule has 166 valence electrons. The van der Waals surface area contributed by atoms with E-state index in [4.69, 9.17) is 4.74 Å². The second-order valence-corrected chi connectivity index (χ2v) is 7.11. The van der Waals surface area contributed by atoms with Gasteiger partial charge in [0.2, 0.25) is 0 Å². The highest BCUT2D eigenvalue weighted by molar-refractivity contribution is 14.0. The van der Waals surface area contributed by atoms with Gasteiger partial charge in [-0.15, -0.1) is 24.0 Å². The summed E-state index contributed by atoms with van der Waals surface area (Å²) in [5.74, 6) is 1.35. The van der Waals surface area contributed by atoms with Crippen LogP contribution in [-0.4, -0.2) is 73.9 Å². The third-order valence-electron chi connectivity index (χ3n) is 4.56. The molecule has 1 saturated heterocycles. The molecule has 6 nitrogen and oxygen atoms in total. The Hall–Kier alpha value is -1.20. The molecule has 0 bridgehead atoms. The van der Waals surface area contributed by atoms with Crippen LogP contribution in [0.4, 0.5) is 8.78 Å². The quantitative estimate of drug-likeness (QED) is 0.262. The summed E-state index contributed by atoms with van der Waals surface area (Å²) in [6.07, 6.45) is -1.43. The third-order valence-corrected chi connectivity index (χ3v) is 4.56. The molecule has 3 N–H and O–H groups in total. The van der Waals surface area contributed by atoms with Crippen LogP contribution in [0.5, 0.6) is 5.75 Å². The van der Waals surface area contributed by atoms with E-state index in [0.717, 1.165) is 24.2 Å². The zero-order valence-corrected chi connectivity index (χ0v) is 19.4. The fraction of sp³-hybridized carbons (Fsp3) is 0.650. The van der Waals surface area contributed by atoms with Gasteiger partial charge >= 0.3 is 0 Å². The lowest BCUT2D eigenvalue weighted by atomic mass is 10.1. The monoisotopic (exact) mass is 526 g/mol. The van der Waals surface area contributed by atoms with Crippen LogP contribution >= 0.6 is 24.0 Å². The molecule has 0 spiro atoms. The van der Waals surface area contributed by atoms with E-state index in [9.17, 15) is 13.9 Å². The molecule has 0 saturated carbocycles. The molecular weight excluding hydrogens is 493 g/mol. The lowest BCUT2D eigenvalue weighted by Gasteiger charge is -2.32. The smallest absolute Gasteiger partial charge is 0.251 e. The first-order valence-corrected chi connectivity index (χ1v) is 9.89. The summed E-state index contributed by atoms with van der Waals surface area (Å²) in [6.45, 7) is 6.17. The minimum Gasteiger partial charge on any atom is -0.491 e. The van der Waals surface area contributed by atoms with Crippen LogP contribution in [0.1, 0.15) is 25.3 Å². The van der Waals surface area contributed by atoms with Crippen molar-refractivity contribution in [2.45, 2.75) is 45.3 Å². The Morgan fingerprint density at radius 1 is 1.34 bits per heavy atom. The predicted octanol–water partition coefficient (Wildman–Crippen LogP) is 2.64. The number of piperidine rings is 1. The lowest BCUT2D eigenvalue weighted by Crippen LogP contribution is -2.49. The van der Waals surface area contributed by atoms with Gasteiger partial charge in [0.25, 0.3) is 6.43 Å². The van der Waals surface area contributed by atoms with E-state index in [1.807, 2.05) is 38.1 Å². The average Bonchev–Trinajstić information content (AvgIpc) is 2.66. The predicted molar refractivity (Wildman–Crippen MR) is 123 cm³/mol. The Balaban J connectivity index is 0.00000420. The van der Waals surface area contributed by atoms with Gasteiger partial charge < -0.3 is 20.5 Å². The molecule has 1 aromatic carbocycles. The zero-order valence-electron chi connectivity index (χ0n) is 17.1.